The fourth-order valence-corrected chi connectivity index (χ4v) is 1.09. The number of rotatable bonds is 6. The molecule has 0 atom stereocenters. The molecule has 7 heteroatoms. The molecule has 0 bridgehead atoms. The summed E-state index contributed by atoms with van der Waals surface area (Å²) in [6.07, 6.45) is 1.40. The molecule has 1 amide bonds. The number of hydrogen-bond donors (Lipinski definition) is 1. The first-order valence-corrected chi connectivity index (χ1v) is 5.27. The summed E-state index contributed by atoms with van der Waals surface area (Å²) in [7, 11) is 0. The zero-order chi connectivity index (χ0) is 13.4. The minimum atomic E-state index is -0.481. The second kappa shape index (κ2) is 7.13. The summed E-state index contributed by atoms with van der Waals surface area (Å²) in [4.78, 5) is 21.0. The molecule has 0 saturated carbocycles. The summed E-state index contributed by atoms with van der Waals surface area (Å²) >= 11 is 0. The highest BCUT2D eigenvalue weighted by molar-refractivity contribution is 5.83. The van der Waals surface area contributed by atoms with Gasteiger partial charge >= 0.3 is 0 Å². The maximum absolute atomic E-state index is 11.1. The van der Waals surface area contributed by atoms with Crippen LogP contribution < -0.4 is 5.43 Å². The van der Waals surface area contributed by atoms with Crippen LogP contribution in [0.15, 0.2) is 29.4 Å². The second-order valence-corrected chi connectivity index (χ2v) is 3.28. The van der Waals surface area contributed by atoms with Gasteiger partial charge in [0.05, 0.1) is 11.1 Å². The lowest BCUT2D eigenvalue weighted by Crippen LogP contribution is -2.22. The Hall–Kier alpha value is -2.28. The molecule has 1 aromatic carbocycles. The Morgan fingerprint density at radius 3 is 2.72 bits per heavy atom. The van der Waals surface area contributed by atoms with Crippen molar-refractivity contribution in [3.8, 4) is 0 Å². The molecule has 18 heavy (non-hydrogen) atoms. The van der Waals surface area contributed by atoms with Gasteiger partial charge < -0.3 is 4.74 Å². The van der Waals surface area contributed by atoms with E-state index in [1.807, 2.05) is 0 Å². The van der Waals surface area contributed by atoms with Gasteiger partial charge in [-0.05, 0) is 24.6 Å². The smallest absolute Gasteiger partial charge is 0.269 e. The van der Waals surface area contributed by atoms with Crippen LogP contribution in [0.5, 0.6) is 0 Å². The number of hydrazone groups is 1. The van der Waals surface area contributed by atoms with E-state index in [4.69, 9.17) is 4.74 Å². The van der Waals surface area contributed by atoms with Gasteiger partial charge in [0.2, 0.25) is 0 Å². The first kappa shape index (κ1) is 13.8. The van der Waals surface area contributed by atoms with Gasteiger partial charge in [0.25, 0.3) is 11.6 Å². The summed E-state index contributed by atoms with van der Waals surface area (Å²) < 4.78 is 4.88. The number of nitro benzene ring substituents is 1. The molecule has 0 unspecified atom stereocenters. The highest BCUT2D eigenvalue weighted by Gasteiger charge is 2.02. The standard InChI is InChI=1S/C11H13N3O4/c1-2-18-8-11(15)13-12-7-9-3-5-10(6-4-9)14(16)17/h3-7H,2,8H2,1H3,(H,13,15)/b12-7+. The van der Waals surface area contributed by atoms with Crippen molar-refractivity contribution >= 4 is 17.8 Å². The van der Waals surface area contributed by atoms with Gasteiger partial charge in [0.15, 0.2) is 0 Å². The SMILES string of the molecule is CCOCC(=O)N/N=C/c1ccc([N+](=O)[O-])cc1. The minimum absolute atomic E-state index is 0.00697. The summed E-state index contributed by atoms with van der Waals surface area (Å²) in [6.45, 7) is 2.20. The molecular weight excluding hydrogens is 238 g/mol. The third kappa shape index (κ3) is 4.71. The number of hydrogen-bond acceptors (Lipinski definition) is 5. The highest BCUT2D eigenvalue weighted by atomic mass is 16.6. The van der Waals surface area contributed by atoms with Crippen LogP contribution in [0.3, 0.4) is 0 Å². The van der Waals surface area contributed by atoms with E-state index in [0.29, 0.717) is 12.2 Å². The number of nitro groups is 1. The molecule has 1 N–H and O–H groups in total. The van der Waals surface area contributed by atoms with Crippen LogP contribution >= 0.6 is 0 Å². The van der Waals surface area contributed by atoms with Gasteiger partial charge in [0, 0.05) is 18.7 Å². The van der Waals surface area contributed by atoms with Crippen molar-refractivity contribution in [2.45, 2.75) is 6.92 Å². The van der Waals surface area contributed by atoms with E-state index in [1.165, 1.54) is 30.5 Å². The maximum atomic E-state index is 11.1. The number of non-ortho nitro benzene ring substituents is 1. The Morgan fingerprint density at radius 2 is 2.17 bits per heavy atom. The normalized spacial score (nSPS) is 10.5. The highest BCUT2D eigenvalue weighted by Crippen LogP contribution is 2.10. The Kier molecular flexibility index (Phi) is 5.46. The van der Waals surface area contributed by atoms with Crippen molar-refractivity contribution in [3.05, 3.63) is 39.9 Å². The quantitative estimate of drug-likeness (QED) is 0.465. The van der Waals surface area contributed by atoms with Gasteiger partial charge in [-0.3, -0.25) is 14.9 Å². The summed E-state index contributed by atoms with van der Waals surface area (Å²) in [5.41, 5.74) is 2.93. The van der Waals surface area contributed by atoms with Crippen LogP contribution in [-0.4, -0.2) is 30.3 Å². The lowest BCUT2D eigenvalue weighted by Gasteiger charge is -1.99. The van der Waals surface area contributed by atoms with Crippen LogP contribution in [-0.2, 0) is 9.53 Å². The predicted octanol–water partition coefficient (Wildman–Crippen LogP) is 1.08. The van der Waals surface area contributed by atoms with E-state index < -0.39 is 4.92 Å². The lowest BCUT2D eigenvalue weighted by molar-refractivity contribution is -0.384. The average molecular weight is 251 g/mol. The third-order valence-electron chi connectivity index (χ3n) is 1.94. The van der Waals surface area contributed by atoms with Crippen LogP contribution in [0.4, 0.5) is 5.69 Å². The van der Waals surface area contributed by atoms with Gasteiger partial charge in [0.1, 0.15) is 6.61 Å². The van der Waals surface area contributed by atoms with E-state index in [1.54, 1.807) is 6.92 Å². The number of nitrogens with one attached hydrogen (secondary N) is 1. The zero-order valence-electron chi connectivity index (χ0n) is 9.83. The van der Waals surface area contributed by atoms with Crippen molar-refractivity contribution in [3.63, 3.8) is 0 Å². The Balaban J connectivity index is 2.47. The fourth-order valence-electron chi connectivity index (χ4n) is 1.09. The molecule has 0 aliphatic carbocycles. The molecule has 0 spiro atoms. The molecule has 0 fully saturated rings. The van der Waals surface area contributed by atoms with Crippen LogP contribution in [0.2, 0.25) is 0 Å². The van der Waals surface area contributed by atoms with Gasteiger partial charge in [-0.2, -0.15) is 5.10 Å². The van der Waals surface area contributed by atoms with Crippen molar-refractivity contribution in [1.29, 1.82) is 0 Å². The molecular formula is C11H13N3O4. The zero-order valence-corrected chi connectivity index (χ0v) is 9.83. The van der Waals surface area contributed by atoms with Crippen LogP contribution in [0.1, 0.15) is 12.5 Å². The molecule has 7 nitrogen and oxygen atoms in total. The summed E-state index contributed by atoms with van der Waals surface area (Å²) in [6, 6.07) is 5.80. The Morgan fingerprint density at radius 1 is 1.50 bits per heavy atom. The predicted molar refractivity (Wildman–Crippen MR) is 65.3 cm³/mol. The molecule has 0 heterocycles. The number of carbonyl (C=O) groups is 1. The topological polar surface area (TPSA) is 93.8 Å². The number of ether oxygens (including phenoxy) is 1. The number of amides is 1. The maximum Gasteiger partial charge on any atom is 0.269 e. The molecule has 1 rings (SSSR count). The van der Waals surface area contributed by atoms with E-state index >= 15 is 0 Å². The molecule has 96 valence electrons. The van der Waals surface area contributed by atoms with Crippen LogP contribution in [0, 0.1) is 10.1 Å². The average Bonchev–Trinajstić information content (AvgIpc) is 2.37. The van der Waals surface area contributed by atoms with Crippen LogP contribution in [0.25, 0.3) is 0 Å². The fraction of sp³-hybridized carbons (Fsp3) is 0.273. The number of benzene rings is 1. The second-order valence-electron chi connectivity index (χ2n) is 3.28. The first-order valence-electron chi connectivity index (χ1n) is 5.27. The molecule has 1 aromatic rings. The van der Waals surface area contributed by atoms with Gasteiger partial charge in [-0.1, -0.05) is 0 Å². The van der Waals surface area contributed by atoms with Crippen molar-refractivity contribution in [2.75, 3.05) is 13.2 Å². The number of nitrogens with zero attached hydrogens (tertiary/aromatic N) is 2. The summed E-state index contributed by atoms with van der Waals surface area (Å²) in [5.74, 6) is -0.352. The first-order chi connectivity index (χ1) is 8.63. The molecule has 0 aliphatic heterocycles. The largest absolute Gasteiger partial charge is 0.372 e. The monoisotopic (exact) mass is 251 g/mol. The van der Waals surface area contributed by atoms with E-state index in [2.05, 4.69) is 10.5 Å². The minimum Gasteiger partial charge on any atom is -0.372 e. The van der Waals surface area contributed by atoms with E-state index in [9.17, 15) is 14.9 Å². The third-order valence-corrected chi connectivity index (χ3v) is 1.94. The Labute approximate surface area is 104 Å². The summed E-state index contributed by atoms with van der Waals surface area (Å²) in [5, 5.41) is 14.1. The van der Waals surface area contributed by atoms with Crippen molar-refractivity contribution in [2.24, 2.45) is 5.10 Å². The van der Waals surface area contributed by atoms with E-state index in [0.717, 1.165) is 0 Å². The molecule has 0 aliphatic rings. The number of carbonyl (C=O) groups excluding carboxylic acids is 1. The van der Waals surface area contributed by atoms with Crippen molar-refractivity contribution < 1.29 is 14.5 Å². The molecule has 0 radical (unpaired) electrons. The van der Waals surface area contributed by atoms with Gasteiger partial charge in [-0.25, -0.2) is 5.43 Å². The molecule has 0 aromatic heterocycles. The Bertz CT molecular complexity index is 442. The van der Waals surface area contributed by atoms with Crippen molar-refractivity contribution in [1.82, 2.24) is 5.43 Å². The van der Waals surface area contributed by atoms with Gasteiger partial charge in [-0.15, -0.1) is 0 Å². The molecule has 0 saturated heterocycles. The van der Waals surface area contributed by atoms with E-state index in [-0.39, 0.29) is 18.2 Å². The lowest BCUT2D eigenvalue weighted by atomic mass is 10.2.